The average molecular weight is 185 g/mol. The molecule has 1 aromatic rings. The van der Waals surface area contributed by atoms with Crippen molar-refractivity contribution in [2.24, 2.45) is 0 Å². The van der Waals surface area contributed by atoms with Crippen LogP contribution in [0.2, 0.25) is 0 Å². The quantitative estimate of drug-likeness (QED) is 0.521. The highest BCUT2D eigenvalue weighted by molar-refractivity contribution is 6.19. The molecular formula is C10H13ClO. The van der Waals surface area contributed by atoms with Gasteiger partial charge in [-0.1, -0.05) is 37.8 Å². The molecule has 0 spiro atoms. The summed E-state index contributed by atoms with van der Waals surface area (Å²) in [5, 5.41) is 0. The lowest BCUT2D eigenvalue weighted by Crippen LogP contribution is -1.98. The number of hydrogen-bond donors (Lipinski definition) is 0. The summed E-state index contributed by atoms with van der Waals surface area (Å²) in [5.74, 6) is 0.508. The number of ketones is 1. The van der Waals surface area contributed by atoms with E-state index in [1.165, 1.54) is 0 Å². The molecular weight excluding hydrogens is 172 g/mol. The summed E-state index contributed by atoms with van der Waals surface area (Å²) in [6.45, 7) is 0. The third-order valence-electron chi connectivity index (χ3n) is 1.42. The Labute approximate surface area is 78.4 Å². The van der Waals surface area contributed by atoms with E-state index in [1.807, 2.05) is 18.2 Å². The molecule has 66 valence electrons. The molecule has 0 amide bonds. The summed E-state index contributed by atoms with van der Waals surface area (Å²) in [7, 11) is 0. The molecule has 0 bridgehead atoms. The Morgan fingerprint density at radius 1 is 1.25 bits per heavy atom. The molecule has 0 N–H and O–H groups in total. The van der Waals surface area contributed by atoms with E-state index in [0.29, 0.717) is 12.3 Å². The van der Waals surface area contributed by atoms with Crippen LogP contribution in [0.15, 0.2) is 30.3 Å². The van der Waals surface area contributed by atoms with Gasteiger partial charge in [-0.25, -0.2) is 0 Å². The van der Waals surface area contributed by atoms with Crippen molar-refractivity contribution in [2.45, 2.75) is 13.8 Å². The van der Waals surface area contributed by atoms with Crippen LogP contribution in [0.3, 0.4) is 0 Å². The number of carbonyl (C=O) groups excluding carboxylic acids is 1. The third-order valence-corrected chi connectivity index (χ3v) is 1.61. The van der Waals surface area contributed by atoms with Gasteiger partial charge in [0.05, 0.1) is 0 Å². The smallest absolute Gasteiger partial charge is 0.164 e. The average Bonchev–Trinajstić information content (AvgIpc) is 2.07. The Hall–Kier alpha value is -0.820. The van der Waals surface area contributed by atoms with E-state index in [1.54, 1.807) is 12.1 Å². The van der Waals surface area contributed by atoms with Gasteiger partial charge in [-0.2, -0.15) is 0 Å². The van der Waals surface area contributed by atoms with Crippen molar-refractivity contribution in [3.63, 3.8) is 0 Å². The predicted molar refractivity (Wildman–Crippen MR) is 52.8 cm³/mol. The fourth-order valence-corrected chi connectivity index (χ4v) is 1.03. The fourth-order valence-electron chi connectivity index (χ4n) is 0.854. The molecule has 0 aliphatic heterocycles. The largest absolute Gasteiger partial charge is 0.294 e. The fraction of sp³-hybridized carbons (Fsp3) is 0.300. The predicted octanol–water partition coefficient (Wildman–Crippen LogP) is 3.13. The van der Waals surface area contributed by atoms with Gasteiger partial charge in [0.1, 0.15) is 0 Å². The molecule has 0 saturated heterocycles. The summed E-state index contributed by atoms with van der Waals surface area (Å²) in [5.41, 5.74) is 0.744. The Bertz CT molecular complexity index is 231. The first kappa shape index (κ1) is 11.2. The number of Topliss-reactive ketones (excluding diaryl/α,β-unsaturated/α-hetero) is 1. The number of carbonyl (C=O) groups is 1. The first-order valence-electron chi connectivity index (χ1n) is 3.49. The molecule has 0 radical (unpaired) electrons. The minimum absolute atomic E-state index is 0. The zero-order chi connectivity index (χ0) is 8.10. The highest BCUT2D eigenvalue weighted by atomic mass is 35.5. The van der Waals surface area contributed by atoms with Crippen LogP contribution in [0.25, 0.3) is 0 Å². The maximum Gasteiger partial charge on any atom is 0.164 e. The molecule has 0 fully saturated rings. The van der Waals surface area contributed by atoms with Crippen LogP contribution in [0, 0.1) is 0 Å². The molecule has 0 aromatic heterocycles. The summed E-state index contributed by atoms with van der Waals surface area (Å²) in [6, 6.07) is 9.18. The Morgan fingerprint density at radius 2 is 1.83 bits per heavy atom. The summed E-state index contributed by atoms with van der Waals surface area (Å²) < 4.78 is 0. The van der Waals surface area contributed by atoms with Gasteiger partial charge in [0.15, 0.2) is 5.78 Å². The number of rotatable bonds is 3. The van der Waals surface area contributed by atoms with E-state index in [2.05, 4.69) is 0 Å². The van der Waals surface area contributed by atoms with E-state index in [-0.39, 0.29) is 13.2 Å². The highest BCUT2D eigenvalue weighted by Crippen LogP contribution is 2.02. The number of halogens is 1. The van der Waals surface area contributed by atoms with Crippen LogP contribution < -0.4 is 0 Å². The van der Waals surface area contributed by atoms with E-state index in [9.17, 15) is 4.79 Å². The molecule has 1 nitrogen and oxygen atoms in total. The van der Waals surface area contributed by atoms with Gasteiger partial charge in [-0.3, -0.25) is 4.79 Å². The van der Waals surface area contributed by atoms with E-state index < -0.39 is 0 Å². The monoisotopic (exact) mass is 184 g/mol. The second-order valence-corrected chi connectivity index (χ2v) is 2.61. The van der Waals surface area contributed by atoms with Gasteiger partial charge in [0.2, 0.25) is 0 Å². The first-order chi connectivity index (χ1) is 5.34. The number of alkyl halides is 1. The Kier molecular flexibility index (Phi) is 5.39. The molecule has 12 heavy (non-hydrogen) atoms. The van der Waals surface area contributed by atoms with Crippen molar-refractivity contribution < 1.29 is 4.79 Å². The van der Waals surface area contributed by atoms with Gasteiger partial charge in [-0.15, -0.1) is 11.6 Å². The molecule has 0 aliphatic rings. The zero-order valence-corrected chi connectivity index (χ0v) is 6.84. The molecule has 2 heteroatoms. The number of hydrogen-bond acceptors (Lipinski definition) is 1. The zero-order valence-electron chi connectivity index (χ0n) is 6.09. The van der Waals surface area contributed by atoms with E-state index >= 15 is 0 Å². The van der Waals surface area contributed by atoms with Crippen LogP contribution in [0.1, 0.15) is 24.2 Å². The second-order valence-electron chi connectivity index (χ2n) is 2.23. The highest BCUT2D eigenvalue weighted by Gasteiger charge is 2.01. The van der Waals surface area contributed by atoms with Crippen LogP contribution in [0.4, 0.5) is 0 Å². The van der Waals surface area contributed by atoms with Crippen molar-refractivity contribution in [1.82, 2.24) is 0 Å². The van der Waals surface area contributed by atoms with Crippen molar-refractivity contribution in [2.75, 3.05) is 5.88 Å². The van der Waals surface area contributed by atoms with Gasteiger partial charge in [0, 0.05) is 17.9 Å². The van der Waals surface area contributed by atoms with Crippen LogP contribution in [0.5, 0.6) is 0 Å². The van der Waals surface area contributed by atoms with Crippen molar-refractivity contribution in [3.05, 3.63) is 35.9 Å². The Morgan fingerprint density at radius 3 is 2.33 bits per heavy atom. The van der Waals surface area contributed by atoms with Crippen LogP contribution in [-0.2, 0) is 0 Å². The van der Waals surface area contributed by atoms with Gasteiger partial charge < -0.3 is 0 Å². The Balaban J connectivity index is 0.00000121. The molecule has 1 rings (SSSR count). The van der Waals surface area contributed by atoms with Crippen molar-refractivity contribution in [1.29, 1.82) is 0 Å². The molecule has 0 heterocycles. The van der Waals surface area contributed by atoms with E-state index in [0.717, 1.165) is 5.56 Å². The summed E-state index contributed by atoms with van der Waals surface area (Å²) >= 11 is 5.43. The number of benzene rings is 1. The lowest BCUT2D eigenvalue weighted by Gasteiger charge is -1.95. The van der Waals surface area contributed by atoms with Crippen molar-refractivity contribution in [3.8, 4) is 0 Å². The van der Waals surface area contributed by atoms with E-state index in [4.69, 9.17) is 11.6 Å². The maximum atomic E-state index is 11.2. The third kappa shape index (κ3) is 3.05. The molecule has 0 aliphatic carbocycles. The van der Waals surface area contributed by atoms with Crippen molar-refractivity contribution >= 4 is 17.4 Å². The SMILES string of the molecule is C.O=C(CCCl)c1ccccc1. The minimum Gasteiger partial charge on any atom is -0.294 e. The summed E-state index contributed by atoms with van der Waals surface area (Å²) in [6.07, 6.45) is 0.422. The molecule has 0 unspecified atom stereocenters. The summed E-state index contributed by atoms with van der Waals surface area (Å²) in [4.78, 5) is 11.2. The van der Waals surface area contributed by atoms with Crippen LogP contribution in [-0.4, -0.2) is 11.7 Å². The minimum atomic E-state index is 0. The molecule has 0 saturated carbocycles. The first-order valence-corrected chi connectivity index (χ1v) is 4.02. The topological polar surface area (TPSA) is 17.1 Å². The normalized spacial score (nSPS) is 8.75. The lowest BCUT2D eigenvalue weighted by atomic mass is 10.1. The van der Waals surface area contributed by atoms with Gasteiger partial charge in [-0.05, 0) is 0 Å². The standard InChI is InChI=1S/C9H9ClO.CH4/c10-7-6-9(11)8-4-2-1-3-5-8;/h1-5H,6-7H2;1H4. The lowest BCUT2D eigenvalue weighted by molar-refractivity contribution is 0.0989. The second kappa shape index (κ2) is 5.78. The molecule has 1 aromatic carbocycles. The van der Waals surface area contributed by atoms with Gasteiger partial charge >= 0.3 is 0 Å². The van der Waals surface area contributed by atoms with Gasteiger partial charge in [0.25, 0.3) is 0 Å². The maximum absolute atomic E-state index is 11.2. The molecule has 0 atom stereocenters. The van der Waals surface area contributed by atoms with Crippen LogP contribution >= 0.6 is 11.6 Å².